The molecule has 0 saturated carbocycles. The maximum Gasteiger partial charge on any atom is 0.223 e. The molecule has 2 aromatic rings. The first-order valence-corrected chi connectivity index (χ1v) is 13.7. The minimum absolute atomic E-state index is 0.0140. The van der Waals surface area contributed by atoms with Gasteiger partial charge in [0.05, 0.1) is 11.4 Å². The molecule has 204 valence electrons. The molecule has 1 saturated heterocycles. The molecule has 1 fully saturated rings. The Bertz CT molecular complexity index is 1140. The van der Waals surface area contributed by atoms with Gasteiger partial charge in [0.2, 0.25) is 17.7 Å². The van der Waals surface area contributed by atoms with Crippen molar-refractivity contribution in [1.29, 1.82) is 0 Å². The van der Waals surface area contributed by atoms with Crippen LogP contribution in [0.1, 0.15) is 62.4 Å². The fourth-order valence-electron chi connectivity index (χ4n) is 5.39. The van der Waals surface area contributed by atoms with Gasteiger partial charge < -0.3 is 19.6 Å². The third-order valence-corrected chi connectivity index (χ3v) is 7.63. The summed E-state index contributed by atoms with van der Waals surface area (Å²) in [4.78, 5) is 54.9. The highest BCUT2D eigenvalue weighted by Gasteiger charge is 2.25. The van der Waals surface area contributed by atoms with Gasteiger partial charge in [-0.25, -0.2) is 0 Å². The van der Waals surface area contributed by atoms with Crippen LogP contribution in [-0.2, 0) is 27.3 Å². The minimum atomic E-state index is 0.0140. The fraction of sp³-hybridized carbons (Fsp3) is 0.552. The predicted octanol–water partition coefficient (Wildman–Crippen LogP) is 2.85. The summed E-state index contributed by atoms with van der Waals surface area (Å²) in [6.45, 7) is 8.06. The van der Waals surface area contributed by atoms with Crippen molar-refractivity contribution in [3.63, 3.8) is 0 Å². The Hall–Kier alpha value is -3.33. The molecule has 9 nitrogen and oxygen atoms in total. The van der Waals surface area contributed by atoms with Crippen LogP contribution in [0.5, 0.6) is 0 Å². The number of rotatable bonds is 4. The molecule has 3 amide bonds. The maximum absolute atomic E-state index is 13.5. The quantitative estimate of drug-likeness (QED) is 0.616. The van der Waals surface area contributed by atoms with Crippen molar-refractivity contribution in [2.45, 2.75) is 58.4 Å². The van der Waals surface area contributed by atoms with E-state index >= 15 is 0 Å². The lowest BCUT2D eigenvalue weighted by molar-refractivity contribution is -0.132. The molecule has 0 spiro atoms. The van der Waals surface area contributed by atoms with E-state index in [2.05, 4.69) is 16.9 Å². The van der Waals surface area contributed by atoms with Crippen LogP contribution in [0.15, 0.2) is 36.7 Å². The number of carbonyl (C=O) groups is 3. The minimum Gasteiger partial charge on any atom is -0.342 e. The molecule has 0 aliphatic carbocycles. The highest BCUT2D eigenvalue weighted by atomic mass is 16.2. The number of likely N-dealkylation sites (N-methyl/N-ethyl adjacent to an activating group) is 1. The Morgan fingerprint density at radius 2 is 1.74 bits per heavy atom. The number of anilines is 1. The summed E-state index contributed by atoms with van der Waals surface area (Å²) in [7, 11) is 2.06. The maximum atomic E-state index is 13.5. The molecule has 4 rings (SSSR count). The Kier molecular flexibility index (Phi) is 9.44. The largest absolute Gasteiger partial charge is 0.342 e. The van der Waals surface area contributed by atoms with Gasteiger partial charge >= 0.3 is 0 Å². The zero-order valence-electron chi connectivity index (χ0n) is 22.9. The van der Waals surface area contributed by atoms with Crippen molar-refractivity contribution in [2.24, 2.45) is 0 Å². The number of aromatic nitrogens is 2. The van der Waals surface area contributed by atoms with Gasteiger partial charge in [-0.05, 0) is 50.9 Å². The molecular formula is C29H40N6O3. The summed E-state index contributed by atoms with van der Waals surface area (Å²) in [5, 5.41) is 0. The van der Waals surface area contributed by atoms with E-state index in [1.165, 1.54) is 0 Å². The van der Waals surface area contributed by atoms with E-state index in [0.717, 1.165) is 61.5 Å². The van der Waals surface area contributed by atoms with E-state index in [9.17, 15) is 14.4 Å². The number of nitrogens with zero attached hydrogens (tertiary/aromatic N) is 6. The summed E-state index contributed by atoms with van der Waals surface area (Å²) in [5.74, 6) is 0.353. The zero-order valence-corrected chi connectivity index (χ0v) is 22.9. The summed E-state index contributed by atoms with van der Waals surface area (Å²) in [6.07, 6.45) is 7.20. The van der Waals surface area contributed by atoms with Crippen LogP contribution in [0, 0.1) is 0 Å². The van der Waals surface area contributed by atoms with Gasteiger partial charge in [0.15, 0.2) is 0 Å². The number of hydrogen-bond donors (Lipinski definition) is 0. The second-order valence-electron chi connectivity index (χ2n) is 10.5. The average Bonchev–Trinajstić information content (AvgIpc) is 2.95. The van der Waals surface area contributed by atoms with E-state index in [-0.39, 0.29) is 23.6 Å². The number of aryl methyl sites for hydroxylation is 1. The summed E-state index contributed by atoms with van der Waals surface area (Å²) in [6, 6.07) is 7.89. The van der Waals surface area contributed by atoms with Gasteiger partial charge in [-0.2, -0.15) is 0 Å². The van der Waals surface area contributed by atoms with Crippen LogP contribution in [0.4, 0.5) is 5.69 Å². The first-order valence-electron chi connectivity index (χ1n) is 13.7. The molecule has 2 aliphatic rings. The van der Waals surface area contributed by atoms with Crippen LogP contribution in [-0.4, -0.2) is 88.7 Å². The van der Waals surface area contributed by atoms with E-state index in [4.69, 9.17) is 4.98 Å². The van der Waals surface area contributed by atoms with Crippen LogP contribution in [0.25, 0.3) is 0 Å². The predicted molar refractivity (Wildman–Crippen MR) is 147 cm³/mol. The summed E-state index contributed by atoms with van der Waals surface area (Å²) >= 11 is 0. The topological polar surface area (TPSA) is 90.0 Å². The number of carbonyl (C=O) groups excluding carboxylic acids is 3. The molecule has 2 aliphatic heterocycles. The Labute approximate surface area is 225 Å². The van der Waals surface area contributed by atoms with Crippen LogP contribution in [0.3, 0.4) is 0 Å². The van der Waals surface area contributed by atoms with Gasteiger partial charge in [-0.1, -0.05) is 18.2 Å². The number of benzene rings is 1. The molecule has 1 aromatic heterocycles. The third-order valence-electron chi connectivity index (χ3n) is 7.63. The van der Waals surface area contributed by atoms with E-state index < -0.39 is 0 Å². The van der Waals surface area contributed by atoms with Crippen LogP contribution in [0.2, 0.25) is 0 Å². The van der Waals surface area contributed by atoms with Gasteiger partial charge in [0.25, 0.3) is 0 Å². The zero-order chi connectivity index (χ0) is 27.1. The van der Waals surface area contributed by atoms with Gasteiger partial charge in [0, 0.05) is 83.5 Å². The Morgan fingerprint density at radius 3 is 2.53 bits per heavy atom. The number of likely N-dealkylation sites (tertiary alicyclic amines) is 1. The highest BCUT2D eigenvalue weighted by Crippen LogP contribution is 2.26. The molecule has 3 heterocycles. The van der Waals surface area contributed by atoms with E-state index in [1.807, 2.05) is 39.0 Å². The number of piperidine rings is 1. The first kappa shape index (κ1) is 27.7. The molecule has 38 heavy (non-hydrogen) atoms. The Morgan fingerprint density at radius 1 is 0.921 bits per heavy atom. The molecule has 1 unspecified atom stereocenters. The van der Waals surface area contributed by atoms with Gasteiger partial charge in [0.1, 0.15) is 0 Å². The molecule has 0 N–H and O–H groups in total. The fourth-order valence-corrected chi connectivity index (χ4v) is 5.39. The summed E-state index contributed by atoms with van der Waals surface area (Å²) < 4.78 is 0. The molecule has 0 radical (unpaired) electrons. The molecule has 0 bridgehead atoms. The normalized spacial score (nSPS) is 19.4. The molecule has 1 aromatic carbocycles. The van der Waals surface area contributed by atoms with Crippen molar-refractivity contribution in [3.05, 3.63) is 53.6 Å². The number of fused-ring (bicyclic) bond motifs is 1. The third kappa shape index (κ3) is 7.16. The van der Waals surface area contributed by atoms with Crippen LogP contribution < -0.4 is 4.90 Å². The van der Waals surface area contributed by atoms with Crippen LogP contribution >= 0.6 is 0 Å². The standard InChI is InChI=1S/C29H40N6O3/c1-22(36)33-14-6-9-24(20-33)27-19-30-18-26(31-27)11-12-29(38)34-17-16-32(3)13-7-15-35(23(2)37)28-10-5-4-8-25(28)21-34/h4-5,8,10,18-19,24H,6-7,9,11-17,20-21H2,1-3H3. The second-order valence-corrected chi connectivity index (χ2v) is 10.5. The lowest BCUT2D eigenvalue weighted by atomic mass is 9.95. The number of amides is 3. The van der Waals surface area contributed by atoms with Crippen molar-refractivity contribution < 1.29 is 14.4 Å². The van der Waals surface area contributed by atoms with Gasteiger partial charge in [-0.3, -0.25) is 24.4 Å². The SMILES string of the molecule is CC(=O)N1CCCC(c2cncc(CCC(=O)N3CCN(C)CCCN(C(C)=O)c4ccccc4C3)n2)C1. The van der Waals surface area contributed by atoms with Gasteiger partial charge in [-0.15, -0.1) is 0 Å². The van der Waals surface area contributed by atoms with Crippen molar-refractivity contribution in [3.8, 4) is 0 Å². The van der Waals surface area contributed by atoms with Crippen molar-refractivity contribution in [2.75, 3.05) is 51.2 Å². The lowest BCUT2D eigenvalue weighted by Crippen LogP contribution is -2.38. The van der Waals surface area contributed by atoms with Crippen molar-refractivity contribution >= 4 is 23.4 Å². The summed E-state index contributed by atoms with van der Waals surface area (Å²) in [5.41, 5.74) is 3.56. The van der Waals surface area contributed by atoms with E-state index in [1.54, 1.807) is 26.2 Å². The molecule has 9 heteroatoms. The smallest absolute Gasteiger partial charge is 0.223 e. The monoisotopic (exact) mass is 520 g/mol. The van der Waals surface area contributed by atoms with Crippen molar-refractivity contribution in [1.82, 2.24) is 24.7 Å². The number of hydrogen-bond acceptors (Lipinski definition) is 6. The average molecular weight is 521 g/mol. The molecule has 1 atom stereocenters. The lowest BCUT2D eigenvalue weighted by Gasteiger charge is -2.31. The highest BCUT2D eigenvalue weighted by molar-refractivity contribution is 5.92. The molecular weight excluding hydrogens is 480 g/mol. The first-order chi connectivity index (χ1) is 18.3. The Balaban J connectivity index is 1.46. The van der Waals surface area contributed by atoms with E-state index in [0.29, 0.717) is 39.0 Å². The second kappa shape index (κ2) is 13.0. The number of para-hydroxylation sites is 1.